The van der Waals surface area contributed by atoms with E-state index in [2.05, 4.69) is 20.4 Å². The predicted octanol–water partition coefficient (Wildman–Crippen LogP) is 5.58. The summed E-state index contributed by atoms with van der Waals surface area (Å²) in [5, 5.41) is 16.5. The van der Waals surface area contributed by atoms with Crippen LogP contribution in [0, 0.1) is 19.7 Å². The molecule has 0 aliphatic carbocycles. The van der Waals surface area contributed by atoms with Gasteiger partial charge in [-0.05, 0) is 61.4 Å². The average Bonchev–Trinajstić information content (AvgIpc) is 3.13. The Bertz CT molecular complexity index is 1380. The third kappa shape index (κ3) is 5.07. The van der Waals surface area contributed by atoms with Crippen molar-refractivity contribution in [1.29, 1.82) is 0 Å². The maximum atomic E-state index is 13.5. The van der Waals surface area contributed by atoms with Gasteiger partial charge in [0.15, 0.2) is 5.82 Å². The molecule has 2 aromatic carbocycles. The van der Waals surface area contributed by atoms with Gasteiger partial charge < -0.3 is 10.4 Å². The van der Waals surface area contributed by atoms with E-state index in [1.54, 1.807) is 23.0 Å². The topological polar surface area (TPSA) is 92.9 Å². The fraction of sp³-hybridized carbons (Fsp3) is 0.0833. The van der Waals surface area contributed by atoms with Crippen LogP contribution in [0.1, 0.15) is 17.0 Å². The third-order valence-corrected chi connectivity index (χ3v) is 5.06. The minimum Gasteiger partial charge on any atom is -0.478 e. The highest BCUT2D eigenvalue weighted by Gasteiger charge is 2.15. The SMILES string of the molecule is Cc1cc(C)n(-c2nc(Nc3ccc(F)c(Cl)c3)ncc2-c2cccc(C=CC(=O)O)c2)n1. The van der Waals surface area contributed by atoms with Crippen LogP contribution in [0.2, 0.25) is 5.02 Å². The van der Waals surface area contributed by atoms with Crippen molar-refractivity contribution in [2.75, 3.05) is 5.32 Å². The van der Waals surface area contributed by atoms with E-state index in [-0.39, 0.29) is 11.0 Å². The number of benzene rings is 2. The van der Waals surface area contributed by atoms with Crippen LogP contribution in [-0.2, 0) is 4.79 Å². The van der Waals surface area contributed by atoms with Crippen molar-refractivity contribution in [3.05, 3.63) is 88.6 Å². The summed E-state index contributed by atoms with van der Waals surface area (Å²) >= 11 is 5.88. The molecule has 0 aliphatic heterocycles. The van der Waals surface area contributed by atoms with Crippen molar-refractivity contribution < 1.29 is 14.3 Å². The first-order chi connectivity index (χ1) is 15.8. The van der Waals surface area contributed by atoms with Crippen LogP contribution >= 0.6 is 11.6 Å². The number of aryl methyl sites for hydroxylation is 2. The Morgan fingerprint density at radius 3 is 2.70 bits per heavy atom. The fourth-order valence-corrected chi connectivity index (χ4v) is 3.50. The van der Waals surface area contributed by atoms with E-state index >= 15 is 0 Å². The minimum absolute atomic E-state index is 0.0124. The van der Waals surface area contributed by atoms with Crippen LogP contribution in [0.15, 0.2) is 60.8 Å². The standard InChI is InChI=1S/C24H19ClFN5O2/c1-14-10-15(2)31(30-14)23-19(17-5-3-4-16(11-17)6-9-22(32)33)13-27-24(29-23)28-18-7-8-21(26)20(25)12-18/h3-13H,1-2H3,(H,32,33)(H,27,28,29). The monoisotopic (exact) mass is 463 g/mol. The van der Waals surface area contributed by atoms with E-state index in [4.69, 9.17) is 16.7 Å². The number of nitrogens with zero attached hydrogens (tertiary/aromatic N) is 4. The summed E-state index contributed by atoms with van der Waals surface area (Å²) in [4.78, 5) is 20.0. The number of halogens is 2. The van der Waals surface area contributed by atoms with Crippen molar-refractivity contribution in [2.24, 2.45) is 0 Å². The van der Waals surface area contributed by atoms with Gasteiger partial charge in [-0.3, -0.25) is 0 Å². The van der Waals surface area contributed by atoms with Gasteiger partial charge in [-0.15, -0.1) is 0 Å². The van der Waals surface area contributed by atoms with E-state index in [0.29, 0.717) is 17.1 Å². The Balaban J connectivity index is 1.80. The fourth-order valence-electron chi connectivity index (χ4n) is 3.32. The maximum absolute atomic E-state index is 13.5. The molecule has 0 radical (unpaired) electrons. The molecule has 0 spiro atoms. The molecule has 0 bridgehead atoms. The Kier molecular flexibility index (Phi) is 6.19. The lowest BCUT2D eigenvalue weighted by molar-refractivity contribution is -0.131. The van der Waals surface area contributed by atoms with Crippen molar-refractivity contribution >= 4 is 35.3 Å². The Labute approximate surface area is 194 Å². The van der Waals surface area contributed by atoms with Gasteiger partial charge in [0, 0.05) is 29.2 Å². The summed E-state index contributed by atoms with van der Waals surface area (Å²) in [6.45, 7) is 3.81. The van der Waals surface area contributed by atoms with E-state index in [0.717, 1.165) is 28.6 Å². The lowest BCUT2D eigenvalue weighted by Gasteiger charge is -2.13. The van der Waals surface area contributed by atoms with Crippen molar-refractivity contribution in [3.8, 4) is 16.9 Å². The summed E-state index contributed by atoms with van der Waals surface area (Å²) in [5.41, 5.74) is 4.46. The van der Waals surface area contributed by atoms with Crippen LogP contribution < -0.4 is 5.32 Å². The van der Waals surface area contributed by atoms with E-state index in [1.807, 2.05) is 38.1 Å². The summed E-state index contributed by atoms with van der Waals surface area (Å²) in [6.07, 6.45) is 4.26. The first-order valence-corrected chi connectivity index (χ1v) is 10.3. The molecule has 166 valence electrons. The number of rotatable bonds is 6. The average molecular weight is 464 g/mol. The molecule has 2 N–H and O–H groups in total. The van der Waals surface area contributed by atoms with Crippen molar-refractivity contribution in [3.63, 3.8) is 0 Å². The Morgan fingerprint density at radius 2 is 2.00 bits per heavy atom. The maximum Gasteiger partial charge on any atom is 0.328 e. The lowest BCUT2D eigenvalue weighted by Crippen LogP contribution is -2.08. The van der Waals surface area contributed by atoms with Crippen LogP contribution in [-0.4, -0.2) is 30.8 Å². The van der Waals surface area contributed by atoms with Gasteiger partial charge in [-0.1, -0.05) is 29.8 Å². The minimum atomic E-state index is -1.02. The Morgan fingerprint density at radius 1 is 1.18 bits per heavy atom. The number of aliphatic carboxylic acids is 1. The zero-order chi connectivity index (χ0) is 23.5. The molecule has 9 heteroatoms. The number of carboxylic acid groups (broad SMARTS) is 1. The van der Waals surface area contributed by atoms with Gasteiger partial charge in [0.25, 0.3) is 0 Å². The molecule has 0 saturated carbocycles. The molecule has 0 aliphatic rings. The predicted molar refractivity (Wildman–Crippen MR) is 125 cm³/mol. The van der Waals surface area contributed by atoms with Crippen molar-refractivity contribution in [2.45, 2.75) is 13.8 Å². The van der Waals surface area contributed by atoms with E-state index in [1.165, 1.54) is 18.2 Å². The molecule has 0 atom stereocenters. The summed E-state index contributed by atoms with van der Waals surface area (Å²) in [7, 11) is 0. The van der Waals surface area contributed by atoms with Gasteiger partial charge in [-0.25, -0.2) is 18.9 Å². The number of anilines is 2. The number of nitrogens with one attached hydrogen (secondary N) is 1. The highest BCUT2D eigenvalue weighted by atomic mass is 35.5. The molecule has 2 heterocycles. The summed E-state index contributed by atoms with van der Waals surface area (Å²) < 4.78 is 15.2. The normalized spacial score (nSPS) is 11.2. The smallest absolute Gasteiger partial charge is 0.328 e. The van der Waals surface area contributed by atoms with Crippen LogP contribution in [0.4, 0.5) is 16.0 Å². The van der Waals surface area contributed by atoms with Gasteiger partial charge in [0.2, 0.25) is 5.95 Å². The van der Waals surface area contributed by atoms with Crippen LogP contribution in [0.5, 0.6) is 0 Å². The van der Waals surface area contributed by atoms with Gasteiger partial charge in [-0.2, -0.15) is 10.1 Å². The first-order valence-electron chi connectivity index (χ1n) is 9.94. The highest BCUT2D eigenvalue weighted by molar-refractivity contribution is 6.31. The summed E-state index contributed by atoms with van der Waals surface area (Å²) in [5.74, 6) is -0.724. The number of hydrogen-bond acceptors (Lipinski definition) is 5. The second-order valence-corrected chi connectivity index (χ2v) is 7.73. The van der Waals surface area contributed by atoms with Crippen LogP contribution in [0.3, 0.4) is 0 Å². The van der Waals surface area contributed by atoms with Gasteiger partial charge in [0.05, 0.1) is 10.7 Å². The summed E-state index contributed by atoms with van der Waals surface area (Å²) in [6, 6.07) is 13.6. The number of aromatic nitrogens is 4. The van der Waals surface area contributed by atoms with Crippen LogP contribution in [0.25, 0.3) is 23.0 Å². The zero-order valence-electron chi connectivity index (χ0n) is 17.8. The van der Waals surface area contributed by atoms with Gasteiger partial charge >= 0.3 is 5.97 Å². The number of carboxylic acids is 1. The molecule has 33 heavy (non-hydrogen) atoms. The highest BCUT2D eigenvalue weighted by Crippen LogP contribution is 2.29. The molecule has 4 aromatic rings. The second kappa shape index (κ2) is 9.22. The number of hydrogen-bond donors (Lipinski definition) is 2. The molecule has 0 saturated heterocycles. The molecule has 0 amide bonds. The molecule has 0 unspecified atom stereocenters. The largest absolute Gasteiger partial charge is 0.478 e. The van der Waals surface area contributed by atoms with E-state index in [9.17, 15) is 9.18 Å². The Hall–Kier alpha value is -4.04. The first kappa shape index (κ1) is 22.2. The number of carbonyl (C=O) groups is 1. The zero-order valence-corrected chi connectivity index (χ0v) is 18.5. The molecule has 2 aromatic heterocycles. The molecule has 7 nitrogen and oxygen atoms in total. The third-order valence-electron chi connectivity index (χ3n) is 4.77. The molecule has 4 rings (SSSR count). The van der Waals surface area contributed by atoms with E-state index < -0.39 is 11.8 Å². The molecule has 0 fully saturated rings. The quantitative estimate of drug-likeness (QED) is 0.362. The second-order valence-electron chi connectivity index (χ2n) is 7.32. The molecular weight excluding hydrogens is 445 g/mol. The lowest BCUT2D eigenvalue weighted by atomic mass is 10.0. The van der Waals surface area contributed by atoms with Gasteiger partial charge in [0.1, 0.15) is 5.82 Å². The molecular formula is C24H19ClFN5O2. The van der Waals surface area contributed by atoms with Crippen molar-refractivity contribution in [1.82, 2.24) is 19.7 Å².